The van der Waals surface area contributed by atoms with Gasteiger partial charge in [-0.05, 0) is 30.2 Å². The van der Waals surface area contributed by atoms with Crippen molar-refractivity contribution >= 4 is 0 Å². The summed E-state index contributed by atoms with van der Waals surface area (Å²) in [6.07, 6.45) is 7.28. The molecule has 1 aromatic carbocycles. The quantitative estimate of drug-likeness (QED) is 0.714. The third-order valence-corrected chi connectivity index (χ3v) is 2.44. The van der Waals surface area contributed by atoms with Gasteiger partial charge in [0.2, 0.25) is 0 Å². The van der Waals surface area contributed by atoms with E-state index < -0.39 is 0 Å². The van der Waals surface area contributed by atoms with Crippen LogP contribution in [-0.2, 0) is 6.54 Å². The summed E-state index contributed by atoms with van der Waals surface area (Å²) in [5.41, 5.74) is 7.14. The van der Waals surface area contributed by atoms with E-state index >= 15 is 0 Å². The van der Waals surface area contributed by atoms with Crippen LogP contribution in [0.3, 0.4) is 0 Å². The van der Waals surface area contributed by atoms with Crippen LogP contribution < -0.4 is 10.5 Å². The third-order valence-electron chi connectivity index (χ3n) is 2.44. The summed E-state index contributed by atoms with van der Waals surface area (Å²) < 4.78 is 19.0. The molecule has 0 saturated carbocycles. The van der Waals surface area contributed by atoms with Crippen molar-refractivity contribution in [3.63, 3.8) is 0 Å². The lowest BCUT2D eigenvalue weighted by molar-refractivity contribution is 0.335. The molecule has 0 unspecified atom stereocenters. The highest BCUT2D eigenvalue weighted by Gasteiger charge is 2.04. The molecule has 1 rings (SSSR count). The predicted octanol–water partition coefficient (Wildman–Crippen LogP) is 5.40. The summed E-state index contributed by atoms with van der Waals surface area (Å²) in [6.45, 7) is 14.1. The summed E-state index contributed by atoms with van der Waals surface area (Å²) >= 11 is 0. The van der Waals surface area contributed by atoms with Crippen molar-refractivity contribution in [1.82, 2.24) is 0 Å². The molecule has 0 aliphatic carbocycles. The zero-order chi connectivity index (χ0) is 17.4. The van der Waals surface area contributed by atoms with Crippen LogP contribution in [0.2, 0.25) is 0 Å². The van der Waals surface area contributed by atoms with E-state index in [1.807, 2.05) is 52.8 Å². The van der Waals surface area contributed by atoms with Gasteiger partial charge in [-0.15, -0.1) is 0 Å². The summed E-state index contributed by atoms with van der Waals surface area (Å²) in [5.74, 6) is -0.153. The lowest BCUT2D eigenvalue weighted by Crippen LogP contribution is -2.03. The topological polar surface area (TPSA) is 35.2 Å². The van der Waals surface area contributed by atoms with E-state index in [9.17, 15) is 4.39 Å². The molecule has 0 aliphatic heterocycles. The second-order valence-electron chi connectivity index (χ2n) is 3.72. The monoisotopic (exact) mass is 307 g/mol. The lowest BCUT2D eigenvalue weighted by atomic mass is 10.2. The van der Waals surface area contributed by atoms with Crippen molar-refractivity contribution in [3.05, 3.63) is 66.0 Å². The number of ether oxygens (including phenoxy) is 1. The van der Waals surface area contributed by atoms with Crippen LogP contribution in [0.25, 0.3) is 0 Å². The van der Waals surface area contributed by atoms with Crippen molar-refractivity contribution in [2.24, 2.45) is 5.73 Å². The van der Waals surface area contributed by atoms with Crippen LogP contribution in [-0.4, -0.2) is 6.61 Å². The van der Waals surface area contributed by atoms with Gasteiger partial charge >= 0.3 is 0 Å². The maximum atomic E-state index is 13.6. The Balaban J connectivity index is 0. The van der Waals surface area contributed by atoms with Crippen molar-refractivity contribution in [3.8, 4) is 5.75 Å². The number of rotatable bonds is 6. The number of nitrogens with two attached hydrogens (primary N) is 1. The second-order valence-corrected chi connectivity index (χ2v) is 3.72. The Kier molecular flexibility index (Phi) is 15.8. The first-order valence-electron chi connectivity index (χ1n) is 7.76. The van der Waals surface area contributed by atoms with E-state index in [4.69, 9.17) is 10.5 Å². The van der Waals surface area contributed by atoms with E-state index in [-0.39, 0.29) is 11.6 Å². The summed E-state index contributed by atoms with van der Waals surface area (Å²) in [5, 5.41) is 0. The normalized spacial score (nSPS) is 10.2. The molecule has 0 aromatic heterocycles. The van der Waals surface area contributed by atoms with E-state index in [1.165, 1.54) is 6.07 Å². The van der Waals surface area contributed by atoms with E-state index in [2.05, 4.69) is 6.58 Å². The minimum atomic E-state index is -0.388. The SMILES string of the molecule is C=C/C=C\C(=CC)COc1ccc(CN)cc1F.CC.CC. The van der Waals surface area contributed by atoms with Gasteiger partial charge in [-0.1, -0.05) is 64.6 Å². The highest BCUT2D eigenvalue weighted by atomic mass is 19.1. The molecule has 124 valence electrons. The largest absolute Gasteiger partial charge is 0.486 e. The highest BCUT2D eigenvalue weighted by molar-refractivity contribution is 5.30. The molecule has 1 aromatic rings. The van der Waals surface area contributed by atoms with Gasteiger partial charge in [0.15, 0.2) is 11.6 Å². The molecule has 3 heteroatoms. The number of hydrogen-bond acceptors (Lipinski definition) is 2. The fraction of sp³-hybridized carbons (Fsp3) is 0.368. The van der Waals surface area contributed by atoms with Gasteiger partial charge in [-0.3, -0.25) is 0 Å². The highest BCUT2D eigenvalue weighted by Crippen LogP contribution is 2.19. The molecule has 0 spiro atoms. The molecule has 2 N–H and O–H groups in total. The lowest BCUT2D eigenvalue weighted by Gasteiger charge is -2.08. The van der Waals surface area contributed by atoms with Crippen LogP contribution in [0.1, 0.15) is 40.2 Å². The Labute approximate surface area is 135 Å². The maximum Gasteiger partial charge on any atom is 0.165 e. The minimum absolute atomic E-state index is 0.235. The van der Waals surface area contributed by atoms with Crippen molar-refractivity contribution in [2.75, 3.05) is 6.61 Å². The molecule has 0 radical (unpaired) electrons. The predicted molar refractivity (Wildman–Crippen MR) is 95.6 cm³/mol. The maximum absolute atomic E-state index is 13.6. The van der Waals surface area contributed by atoms with Gasteiger partial charge in [-0.2, -0.15) is 0 Å². The smallest absolute Gasteiger partial charge is 0.165 e. The molecule has 0 aliphatic rings. The van der Waals surface area contributed by atoms with Gasteiger partial charge in [0.25, 0.3) is 0 Å². The number of benzene rings is 1. The van der Waals surface area contributed by atoms with E-state index in [1.54, 1.807) is 18.2 Å². The Morgan fingerprint density at radius 1 is 1.27 bits per heavy atom. The summed E-state index contributed by atoms with van der Waals surface area (Å²) in [7, 11) is 0. The summed E-state index contributed by atoms with van der Waals surface area (Å²) in [4.78, 5) is 0. The number of halogens is 1. The van der Waals surface area contributed by atoms with Crippen molar-refractivity contribution in [1.29, 1.82) is 0 Å². The number of hydrogen-bond donors (Lipinski definition) is 1. The average molecular weight is 307 g/mol. The van der Waals surface area contributed by atoms with Crippen LogP contribution in [0.4, 0.5) is 4.39 Å². The van der Waals surface area contributed by atoms with E-state index in [0.717, 1.165) is 11.1 Å². The molecular weight excluding hydrogens is 277 g/mol. The Morgan fingerprint density at radius 2 is 1.91 bits per heavy atom. The van der Waals surface area contributed by atoms with Gasteiger partial charge in [0.1, 0.15) is 6.61 Å². The molecule has 0 bridgehead atoms. The molecule has 22 heavy (non-hydrogen) atoms. The Bertz CT molecular complexity index is 465. The third kappa shape index (κ3) is 9.14. The minimum Gasteiger partial charge on any atom is -0.486 e. The van der Waals surface area contributed by atoms with Crippen LogP contribution in [0.5, 0.6) is 5.75 Å². The Morgan fingerprint density at radius 3 is 2.36 bits per heavy atom. The zero-order valence-electron chi connectivity index (χ0n) is 14.5. The van der Waals surface area contributed by atoms with Crippen LogP contribution in [0.15, 0.2) is 54.7 Å². The first-order valence-corrected chi connectivity index (χ1v) is 7.76. The fourth-order valence-corrected chi connectivity index (χ4v) is 1.37. The zero-order valence-corrected chi connectivity index (χ0v) is 14.5. The molecule has 0 saturated heterocycles. The molecule has 0 atom stereocenters. The number of allylic oxidation sites excluding steroid dienone is 3. The van der Waals surface area contributed by atoms with Crippen LogP contribution >= 0.6 is 0 Å². The van der Waals surface area contributed by atoms with Crippen molar-refractivity contribution < 1.29 is 9.13 Å². The second kappa shape index (κ2) is 15.5. The fourth-order valence-electron chi connectivity index (χ4n) is 1.37. The molecule has 2 nitrogen and oxygen atoms in total. The van der Waals surface area contributed by atoms with Gasteiger partial charge < -0.3 is 10.5 Å². The molecule has 0 heterocycles. The molecule has 0 amide bonds. The first kappa shape index (κ1) is 22.4. The first-order chi connectivity index (χ1) is 10.7. The molecular formula is C19H30FNO. The molecule has 0 fully saturated rings. The Hall–Kier alpha value is -1.87. The average Bonchev–Trinajstić information content (AvgIpc) is 2.59. The van der Waals surface area contributed by atoms with Gasteiger partial charge in [0, 0.05) is 6.54 Å². The van der Waals surface area contributed by atoms with Crippen molar-refractivity contribution in [2.45, 2.75) is 41.2 Å². The standard InChI is InChI=1S/C15H18FNO.2C2H6/c1-3-5-6-12(4-2)11-18-15-8-7-13(10-17)9-14(15)16;2*1-2/h3-9H,1,10-11,17H2,2H3;2*1-2H3/b6-5-,12-4?;;. The van der Waals surface area contributed by atoms with Gasteiger partial charge in [0.05, 0.1) is 0 Å². The van der Waals surface area contributed by atoms with Crippen LogP contribution in [0, 0.1) is 5.82 Å². The van der Waals surface area contributed by atoms with Gasteiger partial charge in [-0.25, -0.2) is 4.39 Å². The summed E-state index contributed by atoms with van der Waals surface area (Å²) in [6, 6.07) is 4.75. The van der Waals surface area contributed by atoms with E-state index in [0.29, 0.717) is 13.2 Å².